The number of amides is 2. The van der Waals surface area contributed by atoms with Gasteiger partial charge in [-0.3, -0.25) is 9.59 Å². The van der Waals surface area contributed by atoms with Crippen LogP contribution >= 0.6 is 0 Å². The molecule has 2 heterocycles. The van der Waals surface area contributed by atoms with Crippen LogP contribution < -0.4 is 5.32 Å². The van der Waals surface area contributed by atoms with Crippen LogP contribution in [0.15, 0.2) is 6.33 Å². The number of nitrogens with one attached hydrogen (secondary N) is 1. The molecule has 2 amide bonds. The lowest BCUT2D eigenvalue weighted by Gasteiger charge is -2.15. The molecule has 1 aliphatic rings. The lowest BCUT2D eigenvalue weighted by atomic mass is 10.4. The third-order valence-electron chi connectivity index (χ3n) is 2.80. The Morgan fingerprint density at radius 3 is 3.06 bits per heavy atom. The van der Waals surface area contributed by atoms with E-state index in [4.69, 9.17) is 0 Å². The van der Waals surface area contributed by atoms with Crippen LogP contribution in [0.3, 0.4) is 0 Å². The van der Waals surface area contributed by atoms with Gasteiger partial charge >= 0.3 is 0 Å². The average Bonchev–Trinajstić information content (AvgIpc) is 2.97. The molecule has 8 heteroatoms. The molecule has 1 aromatic heterocycles. The standard InChI is InChI=1S/C10H16N6O2/c17-9(7-16-8-12-13-14-16)11-4-2-6-15-5-1-3-10(15)18/h8H,1-7H2,(H,11,17). The van der Waals surface area contributed by atoms with Gasteiger partial charge < -0.3 is 10.2 Å². The molecule has 0 radical (unpaired) electrons. The first-order valence-corrected chi connectivity index (χ1v) is 6.01. The Morgan fingerprint density at radius 1 is 1.50 bits per heavy atom. The molecule has 98 valence electrons. The van der Waals surface area contributed by atoms with Crippen molar-refractivity contribution in [2.24, 2.45) is 0 Å². The summed E-state index contributed by atoms with van der Waals surface area (Å²) >= 11 is 0. The Kier molecular flexibility index (Phi) is 4.21. The molecule has 0 bridgehead atoms. The van der Waals surface area contributed by atoms with E-state index in [9.17, 15) is 9.59 Å². The summed E-state index contributed by atoms with van der Waals surface area (Å²) < 4.78 is 1.36. The van der Waals surface area contributed by atoms with E-state index in [1.807, 2.05) is 4.90 Å². The molecule has 0 aromatic carbocycles. The molecular formula is C10H16N6O2. The van der Waals surface area contributed by atoms with Gasteiger partial charge in [0.1, 0.15) is 12.9 Å². The van der Waals surface area contributed by atoms with Crippen LogP contribution in [0.4, 0.5) is 0 Å². The summed E-state index contributed by atoms with van der Waals surface area (Å²) in [7, 11) is 0. The molecule has 1 fully saturated rings. The Bertz CT molecular complexity index is 405. The van der Waals surface area contributed by atoms with Gasteiger partial charge in [0.2, 0.25) is 11.8 Å². The first-order chi connectivity index (χ1) is 8.75. The van der Waals surface area contributed by atoms with Crippen molar-refractivity contribution in [2.75, 3.05) is 19.6 Å². The minimum atomic E-state index is -0.130. The zero-order valence-corrected chi connectivity index (χ0v) is 10.1. The summed E-state index contributed by atoms with van der Waals surface area (Å²) in [6.07, 6.45) is 3.77. The monoisotopic (exact) mass is 252 g/mol. The van der Waals surface area contributed by atoms with Crippen molar-refractivity contribution in [2.45, 2.75) is 25.8 Å². The van der Waals surface area contributed by atoms with Crippen LogP contribution in [-0.2, 0) is 16.1 Å². The molecule has 1 aliphatic heterocycles. The summed E-state index contributed by atoms with van der Waals surface area (Å²) in [6.45, 7) is 2.24. The van der Waals surface area contributed by atoms with Gasteiger partial charge in [-0.05, 0) is 23.3 Å². The first-order valence-electron chi connectivity index (χ1n) is 6.01. The van der Waals surface area contributed by atoms with E-state index in [2.05, 4.69) is 20.8 Å². The van der Waals surface area contributed by atoms with Gasteiger partial charge in [-0.15, -0.1) is 5.10 Å². The smallest absolute Gasteiger partial charge is 0.241 e. The van der Waals surface area contributed by atoms with Crippen molar-refractivity contribution in [1.29, 1.82) is 0 Å². The highest BCUT2D eigenvalue weighted by Gasteiger charge is 2.18. The van der Waals surface area contributed by atoms with Crippen molar-refractivity contribution >= 4 is 11.8 Å². The predicted molar refractivity (Wildman–Crippen MR) is 61.3 cm³/mol. The summed E-state index contributed by atoms with van der Waals surface area (Å²) in [4.78, 5) is 24.6. The van der Waals surface area contributed by atoms with Crippen molar-refractivity contribution in [3.8, 4) is 0 Å². The maximum absolute atomic E-state index is 11.5. The number of tetrazole rings is 1. The van der Waals surface area contributed by atoms with Gasteiger partial charge in [-0.1, -0.05) is 0 Å². The lowest BCUT2D eigenvalue weighted by molar-refractivity contribution is -0.127. The number of carbonyl (C=O) groups is 2. The Balaban J connectivity index is 1.57. The highest BCUT2D eigenvalue weighted by atomic mass is 16.2. The van der Waals surface area contributed by atoms with E-state index in [0.29, 0.717) is 19.5 Å². The van der Waals surface area contributed by atoms with E-state index in [1.165, 1.54) is 11.0 Å². The molecule has 0 aliphatic carbocycles. The minimum Gasteiger partial charge on any atom is -0.354 e. The fourth-order valence-corrected chi connectivity index (χ4v) is 1.89. The first kappa shape index (κ1) is 12.5. The van der Waals surface area contributed by atoms with E-state index in [0.717, 1.165) is 19.4 Å². The maximum atomic E-state index is 11.5. The number of rotatable bonds is 6. The van der Waals surface area contributed by atoms with Crippen molar-refractivity contribution in [3.05, 3.63) is 6.33 Å². The number of hydrogen-bond donors (Lipinski definition) is 1. The zero-order valence-electron chi connectivity index (χ0n) is 10.1. The van der Waals surface area contributed by atoms with Gasteiger partial charge in [0.15, 0.2) is 0 Å². The summed E-state index contributed by atoms with van der Waals surface area (Å²) in [5.74, 6) is 0.0880. The van der Waals surface area contributed by atoms with E-state index < -0.39 is 0 Å². The summed E-state index contributed by atoms with van der Waals surface area (Å²) in [6, 6.07) is 0. The van der Waals surface area contributed by atoms with Gasteiger partial charge in [0.25, 0.3) is 0 Å². The fourth-order valence-electron chi connectivity index (χ4n) is 1.89. The predicted octanol–water partition coefficient (Wildman–Crippen LogP) is -1.20. The molecule has 2 rings (SSSR count). The largest absolute Gasteiger partial charge is 0.354 e. The lowest BCUT2D eigenvalue weighted by Crippen LogP contribution is -2.32. The van der Waals surface area contributed by atoms with Crippen molar-refractivity contribution < 1.29 is 9.59 Å². The molecule has 0 saturated carbocycles. The van der Waals surface area contributed by atoms with Gasteiger partial charge in [-0.25, -0.2) is 4.68 Å². The molecule has 1 N–H and O–H groups in total. The van der Waals surface area contributed by atoms with Gasteiger partial charge in [0, 0.05) is 26.1 Å². The zero-order chi connectivity index (χ0) is 12.8. The van der Waals surface area contributed by atoms with Crippen molar-refractivity contribution in [3.63, 3.8) is 0 Å². The van der Waals surface area contributed by atoms with Crippen LogP contribution in [0, 0.1) is 0 Å². The van der Waals surface area contributed by atoms with Crippen LogP contribution in [0.5, 0.6) is 0 Å². The molecule has 1 saturated heterocycles. The molecule has 8 nitrogen and oxygen atoms in total. The quantitative estimate of drug-likeness (QED) is 0.642. The third kappa shape index (κ3) is 3.51. The van der Waals surface area contributed by atoms with Crippen LogP contribution in [0.1, 0.15) is 19.3 Å². The highest BCUT2D eigenvalue weighted by Crippen LogP contribution is 2.09. The topological polar surface area (TPSA) is 93.0 Å². The van der Waals surface area contributed by atoms with Crippen LogP contribution in [0.25, 0.3) is 0 Å². The Morgan fingerprint density at radius 2 is 2.39 bits per heavy atom. The maximum Gasteiger partial charge on any atom is 0.241 e. The SMILES string of the molecule is O=C(Cn1cnnn1)NCCCN1CCCC1=O. The van der Waals surface area contributed by atoms with E-state index in [-0.39, 0.29) is 18.4 Å². The second kappa shape index (κ2) is 6.08. The van der Waals surface area contributed by atoms with E-state index in [1.54, 1.807) is 0 Å². The number of likely N-dealkylation sites (tertiary alicyclic amines) is 1. The van der Waals surface area contributed by atoms with Crippen molar-refractivity contribution in [1.82, 2.24) is 30.4 Å². The Labute approximate surface area is 104 Å². The van der Waals surface area contributed by atoms with E-state index >= 15 is 0 Å². The minimum absolute atomic E-state index is 0.121. The molecular weight excluding hydrogens is 236 g/mol. The molecule has 18 heavy (non-hydrogen) atoms. The molecule has 0 unspecified atom stereocenters. The van der Waals surface area contributed by atoms with Gasteiger partial charge in [-0.2, -0.15) is 0 Å². The Hall–Kier alpha value is -1.99. The highest BCUT2D eigenvalue weighted by molar-refractivity contribution is 5.78. The average molecular weight is 252 g/mol. The number of carbonyl (C=O) groups excluding carboxylic acids is 2. The number of hydrogen-bond acceptors (Lipinski definition) is 5. The fraction of sp³-hybridized carbons (Fsp3) is 0.700. The molecule has 0 spiro atoms. The van der Waals surface area contributed by atoms with Crippen LogP contribution in [-0.4, -0.2) is 56.6 Å². The van der Waals surface area contributed by atoms with Crippen LogP contribution in [0.2, 0.25) is 0 Å². The second-order valence-corrected chi connectivity index (χ2v) is 4.20. The number of aromatic nitrogens is 4. The normalized spacial score (nSPS) is 15.1. The second-order valence-electron chi connectivity index (χ2n) is 4.20. The summed E-state index contributed by atoms with van der Waals surface area (Å²) in [5, 5.41) is 13.2. The number of nitrogens with zero attached hydrogens (tertiary/aromatic N) is 5. The summed E-state index contributed by atoms with van der Waals surface area (Å²) in [5.41, 5.74) is 0. The molecule has 1 aromatic rings. The van der Waals surface area contributed by atoms with Gasteiger partial charge in [0.05, 0.1) is 0 Å². The third-order valence-corrected chi connectivity index (χ3v) is 2.80. The molecule has 0 atom stereocenters.